The third kappa shape index (κ3) is 2.33. The van der Waals surface area contributed by atoms with Gasteiger partial charge < -0.3 is 10.5 Å². The van der Waals surface area contributed by atoms with Crippen molar-refractivity contribution in [2.45, 2.75) is 57.2 Å². The van der Waals surface area contributed by atoms with Gasteiger partial charge in [-0.15, -0.1) is 0 Å². The van der Waals surface area contributed by atoms with Crippen LogP contribution >= 0.6 is 0 Å². The van der Waals surface area contributed by atoms with Crippen LogP contribution < -0.4 is 10.5 Å². The molecule has 0 radical (unpaired) electrons. The molecule has 0 amide bonds. The second kappa shape index (κ2) is 5.74. The highest BCUT2D eigenvalue weighted by Gasteiger charge is 2.36. The summed E-state index contributed by atoms with van der Waals surface area (Å²) in [7, 11) is 1.73. The molecule has 1 saturated heterocycles. The molecule has 1 aliphatic heterocycles. The van der Waals surface area contributed by atoms with E-state index in [1.54, 1.807) is 7.11 Å². The van der Waals surface area contributed by atoms with E-state index in [1.807, 2.05) is 6.07 Å². The lowest BCUT2D eigenvalue weighted by Gasteiger charge is -2.40. The van der Waals surface area contributed by atoms with E-state index in [1.165, 1.54) is 43.4 Å². The van der Waals surface area contributed by atoms with Crippen LogP contribution in [0, 0.1) is 0 Å². The smallest absolute Gasteiger partial charge is 0.119 e. The van der Waals surface area contributed by atoms with Crippen molar-refractivity contribution in [1.29, 1.82) is 0 Å². The van der Waals surface area contributed by atoms with Crippen molar-refractivity contribution in [1.82, 2.24) is 4.90 Å². The second-order valence-electron chi connectivity index (χ2n) is 6.14. The van der Waals surface area contributed by atoms with Crippen LogP contribution in [0.1, 0.15) is 49.8 Å². The fraction of sp³-hybridized carbons (Fsp3) is 0.647. The van der Waals surface area contributed by atoms with E-state index in [0.717, 1.165) is 18.2 Å². The summed E-state index contributed by atoms with van der Waals surface area (Å²) in [5, 5.41) is 0. The third-order valence-corrected chi connectivity index (χ3v) is 5.15. The van der Waals surface area contributed by atoms with Gasteiger partial charge in [-0.3, -0.25) is 4.90 Å². The van der Waals surface area contributed by atoms with Crippen molar-refractivity contribution in [2.24, 2.45) is 5.73 Å². The number of aryl methyl sites for hydroxylation is 1. The molecule has 3 heteroatoms. The Kier molecular flexibility index (Phi) is 3.99. The molecule has 0 aromatic heterocycles. The third-order valence-electron chi connectivity index (χ3n) is 5.15. The molecule has 1 heterocycles. The van der Waals surface area contributed by atoms with Crippen LogP contribution in [0.15, 0.2) is 18.2 Å². The summed E-state index contributed by atoms with van der Waals surface area (Å²) in [5.41, 5.74) is 9.29. The molecular formula is C17H26N2O. The van der Waals surface area contributed by atoms with Gasteiger partial charge in [-0.2, -0.15) is 0 Å². The van der Waals surface area contributed by atoms with Crippen LogP contribution in [-0.2, 0) is 6.42 Å². The molecule has 3 unspecified atom stereocenters. The van der Waals surface area contributed by atoms with Crippen molar-refractivity contribution in [2.75, 3.05) is 13.7 Å². The van der Waals surface area contributed by atoms with Crippen molar-refractivity contribution in [3.05, 3.63) is 29.3 Å². The molecule has 2 aliphatic rings. The molecule has 2 N–H and O–H groups in total. The van der Waals surface area contributed by atoms with Gasteiger partial charge in [0.25, 0.3) is 0 Å². The highest BCUT2D eigenvalue weighted by Crippen LogP contribution is 2.36. The molecule has 1 fully saturated rings. The van der Waals surface area contributed by atoms with Crippen LogP contribution in [0.3, 0.4) is 0 Å². The number of fused-ring (bicyclic) bond motifs is 1. The number of nitrogens with two attached hydrogens (primary N) is 1. The molecule has 0 spiro atoms. The number of methoxy groups -OCH3 is 1. The van der Waals surface area contributed by atoms with Crippen LogP contribution in [0.2, 0.25) is 0 Å². The van der Waals surface area contributed by atoms with Gasteiger partial charge in [0.15, 0.2) is 0 Å². The maximum absolute atomic E-state index is 6.60. The number of hydrogen-bond donors (Lipinski definition) is 1. The summed E-state index contributed by atoms with van der Waals surface area (Å²) in [4.78, 5) is 2.68. The first-order valence-electron chi connectivity index (χ1n) is 7.92. The molecular weight excluding hydrogens is 248 g/mol. The summed E-state index contributed by atoms with van der Waals surface area (Å²) in [5.74, 6) is 0.946. The van der Waals surface area contributed by atoms with Crippen molar-refractivity contribution in [3.8, 4) is 5.75 Å². The zero-order valence-electron chi connectivity index (χ0n) is 12.6. The van der Waals surface area contributed by atoms with Crippen LogP contribution in [0.25, 0.3) is 0 Å². The number of hydrogen-bond acceptors (Lipinski definition) is 3. The number of benzene rings is 1. The Labute approximate surface area is 122 Å². The van der Waals surface area contributed by atoms with Gasteiger partial charge in [-0.25, -0.2) is 0 Å². The quantitative estimate of drug-likeness (QED) is 0.921. The predicted octanol–water partition coefficient (Wildman–Crippen LogP) is 2.88. The molecule has 20 heavy (non-hydrogen) atoms. The van der Waals surface area contributed by atoms with E-state index in [9.17, 15) is 0 Å². The predicted molar refractivity (Wildman–Crippen MR) is 82.1 cm³/mol. The number of ether oxygens (including phenoxy) is 1. The van der Waals surface area contributed by atoms with Gasteiger partial charge >= 0.3 is 0 Å². The highest BCUT2D eigenvalue weighted by atomic mass is 16.5. The van der Waals surface area contributed by atoms with Crippen LogP contribution in [0.5, 0.6) is 5.75 Å². The van der Waals surface area contributed by atoms with Crippen LogP contribution in [0.4, 0.5) is 0 Å². The Balaban J connectivity index is 1.83. The largest absolute Gasteiger partial charge is 0.497 e. The maximum Gasteiger partial charge on any atom is 0.119 e. The lowest BCUT2D eigenvalue weighted by atomic mass is 9.83. The number of nitrogens with zero attached hydrogens (tertiary/aromatic N) is 1. The summed E-state index contributed by atoms with van der Waals surface area (Å²) < 4.78 is 5.33. The molecule has 0 bridgehead atoms. The zero-order chi connectivity index (χ0) is 14.1. The Morgan fingerprint density at radius 3 is 2.95 bits per heavy atom. The molecule has 110 valence electrons. The van der Waals surface area contributed by atoms with E-state index in [4.69, 9.17) is 10.5 Å². The first kappa shape index (κ1) is 13.9. The first-order chi connectivity index (χ1) is 9.74. The van der Waals surface area contributed by atoms with Gasteiger partial charge in [-0.1, -0.05) is 13.0 Å². The van der Waals surface area contributed by atoms with Gasteiger partial charge in [0.2, 0.25) is 0 Å². The Morgan fingerprint density at radius 2 is 2.20 bits per heavy atom. The Morgan fingerprint density at radius 1 is 1.35 bits per heavy atom. The van der Waals surface area contributed by atoms with Gasteiger partial charge in [-0.05, 0) is 61.9 Å². The minimum absolute atomic E-state index is 0.150. The van der Waals surface area contributed by atoms with E-state index in [-0.39, 0.29) is 6.04 Å². The van der Waals surface area contributed by atoms with E-state index in [0.29, 0.717) is 6.04 Å². The molecule has 0 saturated carbocycles. The summed E-state index contributed by atoms with van der Waals surface area (Å²) in [6.07, 6.45) is 6.22. The average molecular weight is 274 g/mol. The average Bonchev–Trinajstić information content (AvgIpc) is 2.95. The summed E-state index contributed by atoms with van der Waals surface area (Å²) >= 11 is 0. The number of rotatable bonds is 3. The summed E-state index contributed by atoms with van der Waals surface area (Å²) in [6.45, 7) is 3.53. The minimum atomic E-state index is 0.150. The number of likely N-dealkylation sites (tertiary alicyclic amines) is 1. The second-order valence-corrected chi connectivity index (χ2v) is 6.14. The highest BCUT2D eigenvalue weighted by molar-refractivity contribution is 5.40. The minimum Gasteiger partial charge on any atom is -0.497 e. The maximum atomic E-state index is 6.60. The topological polar surface area (TPSA) is 38.5 Å². The Bertz CT molecular complexity index is 474. The van der Waals surface area contributed by atoms with Crippen molar-refractivity contribution >= 4 is 0 Å². The Hall–Kier alpha value is -1.06. The van der Waals surface area contributed by atoms with Crippen LogP contribution in [-0.4, -0.2) is 30.6 Å². The summed E-state index contributed by atoms with van der Waals surface area (Å²) in [6, 6.07) is 7.78. The lowest BCUT2D eigenvalue weighted by molar-refractivity contribution is 0.138. The van der Waals surface area contributed by atoms with Gasteiger partial charge in [0, 0.05) is 18.1 Å². The fourth-order valence-electron chi connectivity index (χ4n) is 4.05. The van der Waals surface area contributed by atoms with Crippen molar-refractivity contribution in [3.63, 3.8) is 0 Å². The molecule has 3 nitrogen and oxygen atoms in total. The molecule has 1 aromatic carbocycles. The van der Waals surface area contributed by atoms with Gasteiger partial charge in [0.05, 0.1) is 7.11 Å². The standard InChI is InChI=1S/C17H26N2O/c1-3-13-5-4-10-19(13)16-9-6-12-11-14(20-2)7-8-15(12)17(16)18/h7-8,11,13,16-17H,3-6,9-10,18H2,1-2H3. The first-order valence-corrected chi connectivity index (χ1v) is 7.92. The molecule has 1 aliphatic carbocycles. The SMILES string of the molecule is CCC1CCCN1C1CCc2cc(OC)ccc2C1N. The normalized spacial score (nSPS) is 30.2. The lowest BCUT2D eigenvalue weighted by Crippen LogP contribution is -2.47. The molecule has 1 aromatic rings. The zero-order valence-corrected chi connectivity index (χ0v) is 12.6. The van der Waals surface area contributed by atoms with E-state index in [2.05, 4.69) is 24.0 Å². The van der Waals surface area contributed by atoms with E-state index >= 15 is 0 Å². The monoisotopic (exact) mass is 274 g/mol. The molecule has 3 atom stereocenters. The van der Waals surface area contributed by atoms with E-state index < -0.39 is 0 Å². The van der Waals surface area contributed by atoms with Gasteiger partial charge in [0.1, 0.15) is 5.75 Å². The van der Waals surface area contributed by atoms with Crippen molar-refractivity contribution < 1.29 is 4.74 Å². The fourth-order valence-corrected chi connectivity index (χ4v) is 4.05. The molecule has 3 rings (SSSR count).